The molecular formula is C24H24F2N2O4S. The van der Waals surface area contributed by atoms with Crippen LogP contribution in [0.15, 0.2) is 59.5 Å². The van der Waals surface area contributed by atoms with Crippen molar-refractivity contribution in [3.63, 3.8) is 0 Å². The van der Waals surface area contributed by atoms with E-state index in [0.29, 0.717) is 22.1 Å². The van der Waals surface area contributed by atoms with Crippen LogP contribution in [0.4, 0.5) is 14.5 Å². The number of aliphatic hydroxyl groups excluding tert-OH is 1. The van der Waals surface area contributed by atoms with Gasteiger partial charge in [-0.05, 0) is 55.3 Å². The van der Waals surface area contributed by atoms with E-state index in [1.807, 2.05) is 0 Å². The first-order chi connectivity index (χ1) is 15.7. The molecule has 0 fully saturated rings. The number of anilines is 1. The van der Waals surface area contributed by atoms with Crippen LogP contribution in [0.25, 0.3) is 0 Å². The first kappa shape index (κ1) is 24.3. The molecule has 0 aliphatic carbocycles. The Morgan fingerprint density at radius 1 is 1.06 bits per heavy atom. The maximum Gasteiger partial charge on any atom is 0.238 e. The fourth-order valence-corrected chi connectivity index (χ4v) is 4.36. The van der Waals surface area contributed by atoms with Crippen molar-refractivity contribution >= 4 is 23.5 Å². The number of benzene rings is 3. The Balaban J connectivity index is 2.08. The molecule has 0 aliphatic rings. The number of nitrogens with zero attached hydrogens (tertiary/aromatic N) is 1. The summed E-state index contributed by atoms with van der Waals surface area (Å²) in [6.07, 6.45) is -1.61. The molecular weight excluding hydrogens is 450 g/mol. The van der Waals surface area contributed by atoms with Gasteiger partial charge in [-0.25, -0.2) is 8.78 Å². The van der Waals surface area contributed by atoms with E-state index in [9.17, 15) is 18.7 Å². The molecule has 0 radical (unpaired) electrons. The molecule has 6 nitrogen and oxygen atoms in total. The number of hydrogen-bond donors (Lipinski definition) is 2. The lowest BCUT2D eigenvalue weighted by Crippen LogP contribution is -2.30. The zero-order chi connectivity index (χ0) is 24.1. The molecule has 0 heterocycles. The lowest BCUT2D eigenvalue weighted by molar-refractivity contribution is -0.116. The van der Waals surface area contributed by atoms with Gasteiger partial charge in [-0.2, -0.15) is 0 Å². The van der Waals surface area contributed by atoms with Gasteiger partial charge < -0.3 is 24.6 Å². The SMILES string of the molecule is COc1ccc(SN(CC(N)=O)c2ccc(C)cc2C(O)c2c(F)cccc2F)cc1OC. The number of aryl methyl sites for hydroxylation is 1. The van der Waals surface area contributed by atoms with Crippen LogP contribution in [0.2, 0.25) is 0 Å². The number of hydrogen-bond acceptors (Lipinski definition) is 6. The standard InChI is InChI=1S/C24H24F2N2O4S/c1-14-7-9-19(16(11-14)24(30)23-17(25)5-4-6-18(23)26)28(13-22(27)29)33-15-8-10-20(31-2)21(12-15)32-3/h4-12,24,30H,13H2,1-3H3,(H2,27,29). The summed E-state index contributed by atoms with van der Waals surface area (Å²) in [6.45, 7) is 1.57. The maximum absolute atomic E-state index is 14.4. The van der Waals surface area contributed by atoms with Crippen molar-refractivity contribution in [1.82, 2.24) is 0 Å². The Kier molecular flexibility index (Phi) is 7.78. The quantitative estimate of drug-likeness (QED) is 0.448. The van der Waals surface area contributed by atoms with Crippen molar-refractivity contribution in [2.24, 2.45) is 5.73 Å². The van der Waals surface area contributed by atoms with E-state index in [4.69, 9.17) is 15.2 Å². The topological polar surface area (TPSA) is 85.0 Å². The summed E-state index contributed by atoms with van der Waals surface area (Å²) in [7, 11) is 3.02. The fourth-order valence-electron chi connectivity index (χ4n) is 3.36. The highest BCUT2D eigenvalue weighted by Gasteiger charge is 2.25. The molecule has 1 amide bonds. The highest BCUT2D eigenvalue weighted by molar-refractivity contribution is 8.00. The fraction of sp³-hybridized carbons (Fsp3) is 0.208. The van der Waals surface area contributed by atoms with Crippen LogP contribution >= 0.6 is 11.9 Å². The normalized spacial score (nSPS) is 11.7. The maximum atomic E-state index is 14.4. The number of rotatable bonds is 9. The van der Waals surface area contributed by atoms with Crippen LogP contribution in [0.1, 0.15) is 22.8 Å². The summed E-state index contributed by atoms with van der Waals surface area (Å²) in [5.74, 6) is -1.35. The van der Waals surface area contributed by atoms with E-state index >= 15 is 0 Å². The van der Waals surface area contributed by atoms with Crippen molar-refractivity contribution in [2.45, 2.75) is 17.9 Å². The number of ether oxygens (including phenoxy) is 2. The molecule has 9 heteroatoms. The minimum atomic E-state index is -1.61. The first-order valence-electron chi connectivity index (χ1n) is 9.93. The average Bonchev–Trinajstić information content (AvgIpc) is 2.78. The number of amides is 1. The van der Waals surface area contributed by atoms with E-state index in [1.165, 1.54) is 20.3 Å². The van der Waals surface area contributed by atoms with E-state index in [2.05, 4.69) is 0 Å². The Hall–Kier alpha value is -3.30. The van der Waals surface area contributed by atoms with Gasteiger partial charge in [-0.15, -0.1) is 0 Å². The van der Waals surface area contributed by atoms with Gasteiger partial charge in [0.15, 0.2) is 11.5 Å². The highest BCUT2D eigenvalue weighted by Crippen LogP contribution is 2.40. The Labute approximate surface area is 195 Å². The molecule has 3 aromatic rings. The van der Waals surface area contributed by atoms with Crippen LogP contribution < -0.4 is 19.5 Å². The summed E-state index contributed by atoms with van der Waals surface area (Å²) in [6, 6.07) is 13.6. The summed E-state index contributed by atoms with van der Waals surface area (Å²) in [5, 5.41) is 11.0. The first-order valence-corrected chi connectivity index (χ1v) is 10.7. The molecule has 3 N–H and O–H groups in total. The number of methoxy groups -OCH3 is 2. The van der Waals surface area contributed by atoms with Crippen molar-refractivity contribution in [3.8, 4) is 11.5 Å². The second kappa shape index (κ2) is 10.5. The monoisotopic (exact) mass is 474 g/mol. The predicted octanol–water partition coefficient (Wildman–Crippen LogP) is 4.37. The van der Waals surface area contributed by atoms with E-state index in [-0.39, 0.29) is 12.1 Å². The molecule has 0 aromatic heterocycles. The zero-order valence-electron chi connectivity index (χ0n) is 18.3. The Morgan fingerprint density at radius 2 is 1.73 bits per heavy atom. The van der Waals surface area contributed by atoms with Gasteiger partial charge in [0.05, 0.1) is 25.5 Å². The third-order valence-electron chi connectivity index (χ3n) is 4.89. The van der Waals surface area contributed by atoms with Gasteiger partial charge in [0, 0.05) is 10.5 Å². The van der Waals surface area contributed by atoms with Gasteiger partial charge in [0.2, 0.25) is 5.91 Å². The lowest BCUT2D eigenvalue weighted by Gasteiger charge is -2.27. The second-order valence-electron chi connectivity index (χ2n) is 7.21. The molecule has 0 saturated heterocycles. The molecule has 33 heavy (non-hydrogen) atoms. The van der Waals surface area contributed by atoms with Crippen molar-refractivity contribution < 1.29 is 28.2 Å². The zero-order valence-corrected chi connectivity index (χ0v) is 19.2. The smallest absolute Gasteiger partial charge is 0.238 e. The van der Waals surface area contributed by atoms with Crippen LogP contribution in [0, 0.1) is 18.6 Å². The summed E-state index contributed by atoms with van der Waals surface area (Å²) in [4.78, 5) is 12.6. The second-order valence-corrected chi connectivity index (χ2v) is 8.31. The van der Waals surface area contributed by atoms with Crippen LogP contribution in [-0.2, 0) is 4.79 Å². The molecule has 0 bridgehead atoms. The van der Waals surface area contributed by atoms with Gasteiger partial charge in [0.1, 0.15) is 24.3 Å². The van der Waals surface area contributed by atoms with E-state index in [1.54, 1.807) is 47.6 Å². The number of halogens is 2. The van der Waals surface area contributed by atoms with E-state index in [0.717, 1.165) is 29.6 Å². The number of nitrogens with two attached hydrogens (primary N) is 1. The van der Waals surface area contributed by atoms with Crippen molar-refractivity contribution in [2.75, 3.05) is 25.1 Å². The van der Waals surface area contributed by atoms with Crippen molar-refractivity contribution in [1.29, 1.82) is 0 Å². The third kappa shape index (κ3) is 5.55. The number of aliphatic hydroxyl groups is 1. The number of carbonyl (C=O) groups excluding carboxylic acids is 1. The van der Waals surface area contributed by atoms with Gasteiger partial charge >= 0.3 is 0 Å². The van der Waals surface area contributed by atoms with Gasteiger partial charge in [-0.1, -0.05) is 23.8 Å². The number of primary amides is 1. The largest absolute Gasteiger partial charge is 0.493 e. The summed E-state index contributed by atoms with van der Waals surface area (Å²) < 4.78 is 41.0. The van der Waals surface area contributed by atoms with Gasteiger partial charge in [0.25, 0.3) is 0 Å². The Bertz CT molecular complexity index is 1140. The van der Waals surface area contributed by atoms with Gasteiger partial charge in [-0.3, -0.25) is 4.79 Å². The summed E-state index contributed by atoms with van der Waals surface area (Å²) in [5.41, 5.74) is 6.38. The molecule has 0 saturated carbocycles. The molecule has 3 rings (SSSR count). The molecule has 1 atom stereocenters. The molecule has 0 spiro atoms. The molecule has 174 valence electrons. The minimum absolute atomic E-state index is 0.221. The lowest BCUT2D eigenvalue weighted by atomic mass is 9.97. The summed E-state index contributed by atoms with van der Waals surface area (Å²) >= 11 is 1.16. The van der Waals surface area contributed by atoms with Crippen LogP contribution in [0.3, 0.4) is 0 Å². The van der Waals surface area contributed by atoms with Crippen LogP contribution in [0.5, 0.6) is 11.5 Å². The highest BCUT2D eigenvalue weighted by atomic mass is 32.2. The Morgan fingerprint density at radius 3 is 2.33 bits per heavy atom. The van der Waals surface area contributed by atoms with Crippen molar-refractivity contribution in [3.05, 3.63) is 82.9 Å². The molecule has 3 aromatic carbocycles. The molecule has 0 aliphatic heterocycles. The van der Waals surface area contributed by atoms with Crippen LogP contribution in [-0.4, -0.2) is 31.8 Å². The minimum Gasteiger partial charge on any atom is -0.493 e. The third-order valence-corrected chi connectivity index (χ3v) is 5.90. The number of carbonyl (C=O) groups is 1. The molecule has 1 unspecified atom stereocenters. The predicted molar refractivity (Wildman–Crippen MR) is 124 cm³/mol. The average molecular weight is 475 g/mol. The van der Waals surface area contributed by atoms with E-state index < -0.39 is 29.2 Å².